The predicted octanol–water partition coefficient (Wildman–Crippen LogP) is 2.28. The Kier molecular flexibility index (Phi) is 3.66. The summed E-state index contributed by atoms with van der Waals surface area (Å²) in [5.74, 6) is 0.328. The predicted molar refractivity (Wildman–Crippen MR) is 77.0 cm³/mol. The summed E-state index contributed by atoms with van der Waals surface area (Å²) in [5, 5.41) is 0. The first-order valence-corrected chi connectivity index (χ1v) is 7.37. The van der Waals surface area contributed by atoms with Crippen LogP contribution in [0.4, 0.5) is 0 Å². The fourth-order valence-corrected chi connectivity index (χ4v) is 3.60. The van der Waals surface area contributed by atoms with E-state index in [2.05, 4.69) is 11.5 Å². The second-order valence-corrected chi connectivity index (χ2v) is 6.02. The van der Waals surface area contributed by atoms with E-state index in [-0.39, 0.29) is 5.41 Å². The van der Waals surface area contributed by atoms with Gasteiger partial charge in [0.15, 0.2) is 0 Å². The first-order valence-electron chi connectivity index (χ1n) is 7.37. The summed E-state index contributed by atoms with van der Waals surface area (Å²) in [4.78, 5) is 17.0. The van der Waals surface area contributed by atoms with E-state index in [1.165, 1.54) is 5.56 Å². The molecule has 108 valence electrons. The first-order chi connectivity index (χ1) is 9.73. The number of hydrogen-bond acceptors (Lipinski definition) is 3. The zero-order valence-electron chi connectivity index (χ0n) is 11.9. The summed E-state index contributed by atoms with van der Waals surface area (Å²) in [6.45, 7) is 8.14. The summed E-state index contributed by atoms with van der Waals surface area (Å²) in [7, 11) is 0. The Balaban J connectivity index is 1.68. The lowest BCUT2D eigenvalue weighted by molar-refractivity contribution is -0.138. The highest BCUT2D eigenvalue weighted by Gasteiger charge is 2.48. The lowest BCUT2D eigenvalue weighted by Crippen LogP contribution is -2.47. The van der Waals surface area contributed by atoms with Crippen molar-refractivity contribution in [3.63, 3.8) is 0 Å². The Morgan fingerprint density at radius 1 is 1.40 bits per heavy atom. The molecule has 0 saturated carbocycles. The van der Waals surface area contributed by atoms with Crippen molar-refractivity contribution in [1.82, 2.24) is 9.80 Å². The summed E-state index contributed by atoms with van der Waals surface area (Å²) >= 11 is 0. The Morgan fingerprint density at radius 3 is 3.05 bits per heavy atom. The molecular weight excluding hydrogens is 252 g/mol. The van der Waals surface area contributed by atoms with Crippen LogP contribution in [0.2, 0.25) is 0 Å². The van der Waals surface area contributed by atoms with Crippen LogP contribution in [-0.4, -0.2) is 41.9 Å². The molecule has 2 aliphatic heterocycles. The van der Waals surface area contributed by atoms with Crippen molar-refractivity contribution in [3.05, 3.63) is 36.8 Å². The van der Waals surface area contributed by atoms with Crippen LogP contribution < -0.4 is 0 Å². The molecule has 1 atom stereocenters. The molecule has 3 rings (SSSR count). The van der Waals surface area contributed by atoms with Gasteiger partial charge in [0, 0.05) is 31.7 Å². The summed E-state index contributed by atoms with van der Waals surface area (Å²) in [6.07, 6.45) is 8.45. The fraction of sp³-hybridized carbons (Fsp3) is 0.562. The monoisotopic (exact) mass is 274 g/mol. The summed E-state index contributed by atoms with van der Waals surface area (Å²) < 4.78 is 5.13. The number of carbonyl (C=O) groups is 1. The summed E-state index contributed by atoms with van der Waals surface area (Å²) in [6, 6.07) is 2.00. The van der Waals surface area contributed by atoms with E-state index in [4.69, 9.17) is 4.42 Å². The SMILES string of the molecule is C=CCN1CCC2(CCCN(Cc3ccoc3)C2)C1=O. The van der Waals surface area contributed by atoms with Gasteiger partial charge in [0.1, 0.15) is 0 Å². The van der Waals surface area contributed by atoms with Gasteiger partial charge in [-0.05, 0) is 31.9 Å². The fourth-order valence-electron chi connectivity index (χ4n) is 3.60. The Morgan fingerprint density at radius 2 is 2.30 bits per heavy atom. The second kappa shape index (κ2) is 5.44. The van der Waals surface area contributed by atoms with Crippen LogP contribution in [0.25, 0.3) is 0 Å². The Bertz CT molecular complexity index is 483. The molecule has 2 saturated heterocycles. The average molecular weight is 274 g/mol. The van der Waals surface area contributed by atoms with Gasteiger partial charge in [-0.3, -0.25) is 9.69 Å². The molecule has 3 heterocycles. The number of carbonyl (C=O) groups excluding carboxylic acids is 1. The molecule has 4 nitrogen and oxygen atoms in total. The van der Waals surface area contributed by atoms with Gasteiger partial charge >= 0.3 is 0 Å². The molecule has 2 aliphatic rings. The van der Waals surface area contributed by atoms with E-state index in [9.17, 15) is 4.79 Å². The maximum Gasteiger partial charge on any atom is 0.230 e. The maximum absolute atomic E-state index is 12.7. The third-order valence-corrected chi connectivity index (χ3v) is 4.59. The standard InChI is InChI=1S/C16H22N2O2/c1-2-7-18-9-6-16(15(18)19)5-3-8-17(13-16)11-14-4-10-20-12-14/h2,4,10,12H,1,3,5-9,11,13H2. The molecule has 2 fully saturated rings. The van der Waals surface area contributed by atoms with E-state index in [0.29, 0.717) is 12.5 Å². The van der Waals surface area contributed by atoms with Gasteiger partial charge in [0.2, 0.25) is 5.91 Å². The average Bonchev–Trinajstić information content (AvgIpc) is 3.04. The van der Waals surface area contributed by atoms with Gasteiger partial charge in [0.05, 0.1) is 17.9 Å². The zero-order valence-corrected chi connectivity index (χ0v) is 11.9. The van der Waals surface area contributed by atoms with Crippen molar-refractivity contribution in [2.24, 2.45) is 5.41 Å². The van der Waals surface area contributed by atoms with Crippen LogP contribution in [-0.2, 0) is 11.3 Å². The van der Waals surface area contributed by atoms with Crippen LogP contribution in [0.3, 0.4) is 0 Å². The van der Waals surface area contributed by atoms with Gasteiger partial charge < -0.3 is 9.32 Å². The van der Waals surface area contributed by atoms with Crippen molar-refractivity contribution < 1.29 is 9.21 Å². The molecule has 1 aromatic rings. The van der Waals surface area contributed by atoms with Crippen LogP contribution in [0.1, 0.15) is 24.8 Å². The topological polar surface area (TPSA) is 36.7 Å². The van der Waals surface area contributed by atoms with E-state index in [1.807, 2.05) is 17.0 Å². The third-order valence-electron chi connectivity index (χ3n) is 4.59. The number of nitrogens with zero attached hydrogens (tertiary/aromatic N) is 2. The minimum absolute atomic E-state index is 0.148. The number of amides is 1. The molecule has 1 unspecified atom stereocenters. The first kappa shape index (κ1) is 13.4. The highest BCUT2D eigenvalue weighted by Crippen LogP contribution is 2.40. The van der Waals surface area contributed by atoms with Crippen molar-refractivity contribution in [1.29, 1.82) is 0 Å². The van der Waals surface area contributed by atoms with Gasteiger partial charge in [-0.2, -0.15) is 0 Å². The number of likely N-dealkylation sites (tertiary alicyclic amines) is 2. The number of piperidine rings is 1. The smallest absolute Gasteiger partial charge is 0.230 e. The van der Waals surface area contributed by atoms with Crippen molar-refractivity contribution >= 4 is 5.91 Å². The van der Waals surface area contributed by atoms with Crippen molar-refractivity contribution in [2.75, 3.05) is 26.2 Å². The highest BCUT2D eigenvalue weighted by molar-refractivity contribution is 5.85. The lowest BCUT2D eigenvalue weighted by Gasteiger charge is -2.38. The molecule has 0 bridgehead atoms. The van der Waals surface area contributed by atoms with Crippen LogP contribution >= 0.6 is 0 Å². The van der Waals surface area contributed by atoms with Gasteiger partial charge in [-0.15, -0.1) is 6.58 Å². The van der Waals surface area contributed by atoms with E-state index < -0.39 is 0 Å². The minimum atomic E-state index is -0.148. The molecule has 4 heteroatoms. The number of rotatable bonds is 4. The molecule has 1 amide bonds. The maximum atomic E-state index is 12.7. The van der Waals surface area contributed by atoms with E-state index in [0.717, 1.165) is 45.4 Å². The molecule has 1 spiro atoms. The van der Waals surface area contributed by atoms with Crippen molar-refractivity contribution in [3.8, 4) is 0 Å². The summed E-state index contributed by atoms with van der Waals surface area (Å²) in [5.41, 5.74) is 1.04. The van der Waals surface area contributed by atoms with Crippen LogP contribution in [0, 0.1) is 5.41 Å². The zero-order chi connectivity index (χ0) is 14.0. The molecule has 0 aromatic carbocycles. The van der Waals surface area contributed by atoms with Crippen LogP contribution in [0.5, 0.6) is 0 Å². The highest BCUT2D eigenvalue weighted by atomic mass is 16.3. The normalized spacial score (nSPS) is 27.4. The van der Waals surface area contributed by atoms with Gasteiger partial charge in [0.25, 0.3) is 0 Å². The quantitative estimate of drug-likeness (QED) is 0.790. The van der Waals surface area contributed by atoms with E-state index in [1.54, 1.807) is 12.5 Å². The minimum Gasteiger partial charge on any atom is -0.472 e. The van der Waals surface area contributed by atoms with Gasteiger partial charge in [-0.25, -0.2) is 0 Å². The molecule has 1 aromatic heterocycles. The van der Waals surface area contributed by atoms with Crippen molar-refractivity contribution in [2.45, 2.75) is 25.8 Å². The Labute approximate surface area is 120 Å². The van der Waals surface area contributed by atoms with Crippen LogP contribution in [0.15, 0.2) is 35.7 Å². The molecular formula is C16H22N2O2. The lowest BCUT2D eigenvalue weighted by atomic mass is 9.78. The largest absolute Gasteiger partial charge is 0.472 e. The molecule has 20 heavy (non-hydrogen) atoms. The third kappa shape index (κ3) is 2.40. The van der Waals surface area contributed by atoms with E-state index >= 15 is 0 Å². The second-order valence-electron chi connectivity index (χ2n) is 6.02. The molecule has 0 radical (unpaired) electrons. The molecule has 0 aliphatic carbocycles. The van der Waals surface area contributed by atoms with Gasteiger partial charge in [-0.1, -0.05) is 6.08 Å². The molecule has 0 N–H and O–H groups in total. The number of furan rings is 1. The Hall–Kier alpha value is -1.55. The number of hydrogen-bond donors (Lipinski definition) is 0.